The molecule has 2 unspecified atom stereocenters. The van der Waals surface area contributed by atoms with Crippen LogP contribution in [0.1, 0.15) is 40.2 Å². The molecule has 0 aliphatic carbocycles. The number of rotatable bonds is 4. The number of benzene rings is 2. The minimum Gasteiger partial charge on any atom is -0.465 e. The van der Waals surface area contributed by atoms with Gasteiger partial charge in [-0.25, -0.2) is 4.79 Å². The number of carbonyl (C=O) groups is 2. The first-order valence-corrected chi connectivity index (χ1v) is 10.7. The largest absolute Gasteiger partial charge is 0.465 e. The molecular formula is C24H24F6N2O3. The van der Waals surface area contributed by atoms with E-state index in [9.17, 15) is 41.0 Å². The van der Waals surface area contributed by atoms with Crippen molar-refractivity contribution in [3.8, 4) is 0 Å². The second kappa shape index (κ2) is 9.79. The van der Waals surface area contributed by atoms with Gasteiger partial charge in [0.15, 0.2) is 0 Å². The first kappa shape index (κ1) is 26.4. The lowest BCUT2D eigenvalue weighted by Crippen LogP contribution is -2.47. The Morgan fingerprint density at radius 1 is 1.03 bits per heavy atom. The highest BCUT2D eigenvalue weighted by molar-refractivity contribution is 5.80. The third kappa shape index (κ3) is 6.07. The summed E-state index contributed by atoms with van der Waals surface area (Å²) in [6, 6.07) is 8.41. The highest BCUT2D eigenvalue weighted by Crippen LogP contribution is 2.38. The molecule has 1 heterocycles. The zero-order chi connectivity index (χ0) is 26.1. The molecule has 0 bridgehead atoms. The Morgan fingerprint density at radius 3 is 2.11 bits per heavy atom. The fraction of sp³-hybridized carbons (Fsp3) is 0.417. The molecule has 35 heavy (non-hydrogen) atoms. The number of hydrogen-bond donors (Lipinski definition) is 1. The van der Waals surface area contributed by atoms with Gasteiger partial charge in [-0.05, 0) is 48.2 Å². The number of aryl methyl sites for hydroxylation is 1. The molecule has 11 heteroatoms. The summed E-state index contributed by atoms with van der Waals surface area (Å²) in [5.74, 6) is -1.68. The van der Waals surface area contributed by atoms with E-state index in [-0.39, 0.29) is 31.1 Å². The highest BCUT2D eigenvalue weighted by Gasteiger charge is 2.40. The van der Waals surface area contributed by atoms with E-state index >= 15 is 0 Å². The molecule has 5 nitrogen and oxygen atoms in total. The highest BCUT2D eigenvalue weighted by atomic mass is 19.4. The lowest BCUT2D eigenvalue weighted by Gasteiger charge is -2.39. The van der Waals surface area contributed by atoms with Gasteiger partial charge >= 0.3 is 18.4 Å². The quantitative estimate of drug-likeness (QED) is 0.540. The Labute approximate surface area is 197 Å². The molecule has 190 valence electrons. The number of likely N-dealkylation sites (tertiary alicyclic amines) is 1. The predicted molar refractivity (Wildman–Crippen MR) is 115 cm³/mol. The molecule has 1 aliphatic heterocycles. The maximum atomic E-state index is 13.4. The van der Waals surface area contributed by atoms with E-state index < -0.39 is 53.9 Å². The zero-order valence-electron chi connectivity index (χ0n) is 19.0. The molecule has 2 amide bonds. The molecule has 2 aromatic carbocycles. The van der Waals surface area contributed by atoms with Crippen molar-refractivity contribution in [2.75, 3.05) is 20.1 Å². The number of piperidine rings is 1. The molecule has 1 fully saturated rings. The first-order valence-electron chi connectivity index (χ1n) is 10.7. The molecule has 2 aromatic rings. The average Bonchev–Trinajstić information content (AvgIpc) is 2.77. The van der Waals surface area contributed by atoms with E-state index in [4.69, 9.17) is 0 Å². The summed E-state index contributed by atoms with van der Waals surface area (Å²) in [5, 5.41) is 9.43. The van der Waals surface area contributed by atoms with Crippen LogP contribution in [0, 0.1) is 12.8 Å². The fourth-order valence-electron chi connectivity index (χ4n) is 4.48. The van der Waals surface area contributed by atoms with E-state index in [0.717, 1.165) is 16.0 Å². The van der Waals surface area contributed by atoms with Gasteiger partial charge in [0.25, 0.3) is 0 Å². The summed E-state index contributed by atoms with van der Waals surface area (Å²) in [5.41, 5.74) is -1.59. The number of carbonyl (C=O) groups excluding carboxylic acids is 1. The van der Waals surface area contributed by atoms with Gasteiger partial charge < -0.3 is 14.9 Å². The van der Waals surface area contributed by atoms with Gasteiger partial charge in [0, 0.05) is 38.5 Å². The van der Waals surface area contributed by atoms with Crippen molar-refractivity contribution < 1.29 is 41.0 Å². The predicted octanol–water partition coefficient (Wildman–Crippen LogP) is 5.77. The molecule has 0 saturated carbocycles. The van der Waals surface area contributed by atoms with Gasteiger partial charge in [-0.1, -0.05) is 24.3 Å². The lowest BCUT2D eigenvalue weighted by atomic mass is 9.78. The van der Waals surface area contributed by atoms with Crippen molar-refractivity contribution in [2.24, 2.45) is 5.92 Å². The van der Waals surface area contributed by atoms with Crippen molar-refractivity contribution in [1.82, 2.24) is 9.80 Å². The van der Waals surface area contributed by atoms with Crippen LogP contribution in [0.2, 0.25) is 0 Å². The minimum atomic E-state index is -4.99. The molecule has 1 saturated heterocycles. The number of nitrogens with zero attached hydrogens (tertiary/aromatic N) is 2. The Bertz CT molecular complexity index is 1070. The number of hydrogen-bond acceptors (Lipinski definition) is 2. The fourth-order valence-corrected chi connectivity index (χ4v) is 4.48. The maximum absolute atomic E-state index is 13.4. The Kier molecular flexibility index (Phi) is 7.37. The molecular weight excluding hydrogens is 478 g/mol. The van der Waals surface area contributed by atoms with Crippen LogP contribution in [0.4, 0.5) is 31.1 Å². The first-order chi connectivity index (χ1) is 16.2. The third-order valence-corrected chi connectivity index (χ3v) is 6.23. The molecule has 2 atom stereocenters. The molecule has 0 aromatic heterocycles. The van der Waals surface area contributed by atoms with Gasteiger partial charge in [0.05, 0.1) is 11.1 Å². The van der Waals surface area contributed by atoms with E-state index in [1.54, 1.807) is 18.2 Å². The van der Waals surface area contributed by atoms with Gasteiger partial charge in [-0.3, -0.25) is 4.79 Å². The van der Waals surface area contributed by atoms with Crippen LogP contribution in [0.25, 0.3) is 0 Å². The average molecular weight is 502 g/mol. The van der Waals surface area contributed by atoms with Crippen LogP contribution in [-0.4, -0.2) is 47.0 Å². The SMILES string of the molecule is Cc1ccccc1C1CN(C(=O)O)CCC1C(=O)N(C)Cc1cc(C(F)(F)F)cc(C(F)(F)F)c1. The standard InChI is InChI=1S/C24H24F6N2O3/c1-14-5-3-4-6-18(14)20-13-32(22(34)35)8-7-19(20)21(33)31(2)12-15-9-16(23(25,26)27)11-17(10-15)24(28,29)30/h3-6,9-11,19-20H,7-8,12-13H2,1-2H3,(H,34,35). The monoisotopic (exact) mass is 502 g/mol. The van der Waals surface area contributed by atoms with E-state index in [1.807, 2.05) is 13.0 Å². The number of amides is 2. The number of halogens is 6. The van der Waals surface area contributed by atoms with Crippen LogP contribution < -0.4 is 0 Å². The number of alkyl halides is 6. The topological polar surface area (TPSA) is 60.9 Å². The summed E-state index contributed by atoms with van der Waals surface area (Å²) < 4.78 is 79.2. The smallest absolute Gasteiger partial charge is 0.416 e. The molecule has 0 spiro atoms. The van der Waals surface area contributed by atoms with Gasteiger partial charge in [-0.2, -0.15) is 26.3 Å². The van der Waals surface area contributed by atoms with Crippen molar-refractivity contribution in [3.63, 3.8) is 0 Å². The van der Waals surface area contributed by atoms with Crippen LogP contribution in [0.5, 0.6) is 0 Å². The Morgan fingerprint density at radius 2 is 1.60 bits per heavy atom. The minimum absolute atomic E-state index is 0.0428. The second-order valence-corrected chi connectivity index (χ2v) is 8.70. The second-order valence-electron chi connectivity index (χ2n) is 8.70. The van der Waals surface area contributed by atoms with E-state index in [0.29, 0.717) is 12.1 Å². The summed E-state index contributed by atoms with van der Waals surface area (Å²) >= 11 is 0. The molecule has 1 aliphatic rings. The molecule has 1 N–H and O–H groups in total. The van der Waals surface area contributed by atoms with Gasteiger partial charge in [-0.15, -0.1) is 0 Å². The number of carboxylic acid groups (broad SMARTS) is 1. The summed E-state index contributed by atoms with van der Waals surface area (Å²) in [6.07, 6.45) is -10.9. The van der Waals surface area contributed by atoms with Crippen LogP contribution in [0.15, 0.2) is 42.5 Å². The molecule has 3 rings (SSSR count). The van der Waals surface area contributed by atoms with Crippen LogP contribution >= 0.6 is 0 Å². The molecule has 0 radical (unpaired) electrons. The third-order valence-electron chi connectivity index (χ3n) is 6.23. The van der Waals surface area contributed by atoms with E-state index in [2.05, 4.69) is 0 Å². The Balaban J connectivity index is 1.90. The van der Waals surface area contributed by atoms with Gasteiger partial charge in [0.1, 0.15) is 0 Å². The van der Waals surface area contributed by atoms with Crippen molar-refractivity contribution in [1.29, 1.82) is 0 Å². The normalized spacial score (nSPS) is 18.9. The lowest BCUT2D eigenvalue weighted by molar-refractivity contribution is -0.143. The van der Waals surface area contributed by atoms with Crippen LogP contribution in [0.3, 0.4) is 0 Å². The Hall–Kier alpha value is -3.24. The zero-order valence-corrected chi connectivity index (χ0v) is 19.0. The van der Waals surface area contributed by atoms with Crippen molar-refractivity contribution >= 4 is 12.0 Å². The van der Waals surface area contributed by atoms with Crippen LogP contribution in [-0.2, 0) is 23.7 Å². The van der Waals surface area contributed by atoms with Crippen molar-refractivity contribution in [3.05, 3.63) is 70.3 Å². The summed E-state index contributed by atoms with van der Waals surface area (Å²) in [7, 11) is 1.31. The van der Waals surface area contributed by atoms with Gasteiger partial charge in [0.2, 0.25) is 5.91 Å². The van der Waals surface area contributed by atoms with Crippen molar-refractivity contribution in [2.45, 2.75) is 38.2 Å². The van der Waals surface area contributed by atoms with E-state index in [1.165, 1.54) is 11.9 Å². The maximum Gasteiger partial charge on any atom is 0.416 e. The summed E-state index contributed by atoms with van der Waals surface area (Å²) in [6.45, 7) is 1.49. The summed E-state index contributed by atoms with van der Waals surface area (Å²) in [4.78, 5) is 27.2.